The van der Waals surface area contributed by atoms with Gasteiger partial charge in [-0.1, -0.05) is 13.8 Å². The summed E-state index contributed by atoms with van der Waals surface area (Å²) < 4.78 is 26.3. The van der Waals surface area contributed by atoms with Crippen molar-refractivity contribution in [2.24, 2.45) is 5.92 Å². The van der Waals surface area contributed by atoms with Crippen molar-refractivity contribution in [1.82, 2.24) is 9.80 Å². The summed E-state index contributed by atoms with van der Waals surface area (Å²) in [5.41, 5.74) is 0.947. The normalized spacial score (nSPS) is 17.4. The fraction of sp³-hybridized carbons (Fsp3) is 0.588. The van der Waals surface area contributed by atoms with Gasteiger partial charge in [0.05, 0.1) is 0 Å². The van der Waals surface area contributed by atoms with Crippen molar-refractivity contribution in [3.63, 3.8) is 0 Å². The Morgan fingerprint density at radius 2 is 2.05 bits per heavy atom. The van der Waals surface area contributed by atoms with Crippen LogP contribution < -0.4 is 0 Å². The SMILES string of the molecule is Cc1cc(C(=O)N(C)[C@H](CN2CC(F)C2)C(C)C)ccc1F. The second kappa shape index (κ2) is 6.73. The monoisotopic (exact) mass is 310 g/mol. The Kier molecular flexibility index (Phi) is 5.16. The minimum Gasteiger partial charge on any atom is -0.337 e. The Hall–Kier alpha value is -1.49. The van der Waals surface area contributed by atoms with E-state index in [1.807, 2.05) is 4.90 Å². The largest absolute Gasteiger partial charge is 0.337 e. The summed E-state index contributed by atoms with van der Waals surface area (Å²) in [7, 11) is 1.76. The summed E-state index contributed by atoms with van der Waals surface area (Å²) in [4.78, 5) is 16.3. The van der Waals surface area contributed by atoms with Crippen molar-refractivity contribution < 1.29 is 13.6 Å². The van der Waals surface area contributed by atoms with E-state index in [1.54, 1.807) is 24.9 Å². The van der Waals surface area contributed by atoms with Gasteiger partial charge in [-0.15, -0.1) is 0 Å². The van der Waals surface area contributed by atoms with E-state index in [0.717, 1.165) is 0 Å². The number of hydrogen-bond donors (Lipinski definition) is 0. The molecule has 5 heteroatoms. The van der Waals surface area contributed by atoms with E-state index in [0.29, 0.717) is 30.8 Å². The van der Waals surface area contributed by atoms with Gasteiger partial charge in [0, 0.05) is 38.3 Å². The molecule has 1 aromatic rings. The number of alkyl halides is 1. The molecule has 1 aromatic carbocycles. The lowest BCUT2D eigenvalue weighted by atomic mass is 9.99. The van der Waals surface area contributed by atoms with Gasteiger partial charge < -0.3 is 4.90 Å². The van der Waals surface area contributed by atoms with Gasteiger partial charge in [0.1, 0.15) is 12.0 Å². The zero-order chi connectivity index (χ0) is 16.4. The van der Waals surface area contributed by atoms with E-state index in [-0.39, 0.29) is 23.7 Å². The quantitative estimate of drug-likeness (QED) is 0.835. The second-order valence-corrected chi connectivity index (χ2v) is 6.51. The predicted molar refractivity (Wildman–Crippen MR) is 83.2 cm³/mol. The molecule has 1 aliphatic rings. The Morgan fingerprint density at radius 1 is 1.41 bits per heavy atom. The van der Waals surface area contributed by atoms with E-state index in [1.165, 1.54) is 12.1 Å². The van der Waals surface area contributed by atoms with E-state index >= 15 is 0 Å². The van der Waals surface area contributed by atoms with Crippen LogP contribution >= 0.6 is 0 Å². The molecule has 3 nitrogen and oxygen atoms in total. The zero-order valence-electron chi connectivity index (χ0n) is 13.6. The molecular formula is C17H24F2N2O. The first-order valence-electron chi connectivity index (χ1n) is 7.69. The van der Waals surface area contributed by atoms with Gasteiger partial charge in [0.15, 0.2) is 0 Å². The first kappa shape index (κ1) is 16.9. The van der Waals surface area contributed by atoms with Crippen LogP contribution in [-0.4, -0.2) is 54.6 Å². The standard InChI is InChI=1S/C17H24F2N2O/c1-11(2)16(10-21-8-14(18)9-21)20(4)17(22)13-5-6-15(19)12(3)7-13/h5-7,11,14,16H,8-10H2,1-4H3/t16-/m1/s1. The van der Waals surface area contributed by atoms with Crippen LogP contribution in [0.5, 0.6) is 0 Å². The average Bonchev–Trinajstić information content (AvgIpc) is 2.43. The molecule has 0 saturated carbocycles. The highest BCUT2D eigenvalue weighted by Crippen LogP contribution is 2.19. The van der Waals surface area contributed by atoms with E-state index in [2.05, 4.69) is 13.8 Å². The highest BCUT2D eigenvalue weighted by Gasteiger charge is 2.32. The third kappa shape index (κ3) is 3.64. The van der Waals surface area contributed by atoms with Crippen LogP contribution in [0, 0.1) is 18.7 Å². The lowest BCUT2D eigenvalue weighted by Gasteiger charge is -2.41. The summed E-state index contributed by atoms with van der Waals surface area (Å²) >= 11 is 0. The number of carbonyl (C=O) groups is 1. The third-order valence-corrected chi connectivity index (χ3v) is 4.35. The number of hydrogen-bond acceptors (Lipinski definition) is 2. The van der Waals surface area contributed by atoms with E-state index < -0.39 is 6.17 Å². The van der Waals surface area contributed by atoms with Crippen LogP contribution in [0.4, 0.5) is 8.78 Å². The minimum absolute atomic E-state index is 0.00496. The molecule has 122 valence electrons. The Balaban J connectivity index is 2.09. The van der Waals surface area contributed by atoms with Crippen molar-refractivity contribution in [2.75, 3.05) is 26.7 Å². The van der Waals surface area contributed by atoms with Crippen LogP contribution in [0.25, 0.3) is 0 Å². The zero-order valence-corrected chi connectivity index (χ0v) is 13.6. The Labute approximate surface area is 130 Å². The van der Waals surface area contributed by atoms with Crippen molar-refractivity contribution in [1.29, 1.82) is 0 Å². The van der Waals surface area contributed by atoms with Crippen LogP contribution in [0.15, 0.2) is 18.2 Å². The Morgan fingerprint density at radius 3 is 2.55 bits per heavy atom. The topological polar surface area (TPSA) is 23.6 Å². The number of halogens is 2. The lowest BCUT2D eigenvalue weighted by Crippen LogP contribution is -2.55. The van der Waals surface area contributed by atoms with Gasteiger partial charge in [-0.25, -0.2) is 8.78 Å². The molecule has 22 heavy (non-hydrogen) atoms. The highest BCUT2D eigenvalue weighted by atomic mass is 19.1. The number of likely N-dealkylation sites (tertiary alicyclic amines) is 1. The molecule has 2 rings (SSSR count). The second-order valence-electron chi connectivity index (χ2n) is 6.51. The molecule has 1 heterocycles. The average molecular weight is 310 g/mol. The maximum absolute atomic E-state index is 13.3. The number of benzene rings is 1. The molecule has 0 aliphatic carbocycles. The third-order valence-electron chi connectivity index (χ3n) is 4.35. The molecular weight excluding hydrogens is 286 g/mol. The predicted octanol–water partition coefficient (Wildman–Crippen LogP) is 2.88. The molecule has 1 amide bonds. The first-order chi connectivity index (χ1) is 10.3. The van der Waals surface area contributed by atoms with Crippen molar-refractivity contribution in [3.05, 3.63) is 35.1 Å². The summed E-state index contributed by atoms with van der Waals surface area (Å²) in [6.07, 6.45) is -0.742. The molecule has 0 radical (unpaired) electrons. The summed E-state index contributed by atoms with van der Waals surface area (Å²) in [6.45, 7) is 7.31. The van der Waals surface area contributed by atoms with Crippen molar-refractivity contribution in [3.8, 4) is 0 Å². The van der Waals surface area contributed by atoms with Gasteiger partial charge in [-0.3, -0.25) is 9.69 Å². The van der Waals surface area contributed by atoms with E-state index in [4.69, 9.17) is 0 Å². The number of amides is 1. The first-order valence-corrected chi connectivity index (χ1v) is 7.69. The molecule has 0 bridgehead atoms. The van der Waals surface area contributed by atoms with Crippen molar-refractivity contribution >= 4 is 5.91 Å². The fourth-order valence-electron chi connectivity index (χ4n) is 2.83. The number of carbonyl (C=O) groups excluding carboxylic acids is 1. The van der Waals surface area contributed by atoms with Crippen LogP contribution in [0.3, 0.4) is 0 Å². The van der Waals surface area contributed by atoms with Crippen molar-refractivity contribution in [2.45, 2.75) is 33.0 Å². The van der Waals surface area contributed by atoms with Crippen LogP contribution in [0.1, 0.15) is 29.8 Å². The summed E-state index contributed by atoms with van der Waals surface area (Å²) in [5, 5.41) is 0. The van der Waals surface area contributed by atoms with Gasteiger partial charge >= 0.3 is 0 Å². The van der Waals surface area contributed by atoms with Gasteiger partial charge in [-0.05, 0) is 36.6 Å². The summed E-state index contributed by atoms with van der Waals surface area (Å²) in [6, 6.07) is 4.42. The maximum atomic E-state index is 13.3. The molecule has 1 saturated heterocycles. The maximum Gasteiger partial charge on any atom is 0.253 e. The van der Waals surface area contributed by atoms with E-state index in [9.17, 15) is 13.6 Å². The number of nitrogens with zero attached hydrogens (tertiary/aromatic N) is 2. The fourth-order valence-corrected chi connectivity index (χ4v) is 2.83. The van der Waals surface area contributed by atoms with Crippen LogP contribution in [-0.2, 0) is 0 Å². The van der Waals surface area contributed by atoms with Gasteiger partial charge in [0.25, 0.3) is 5.91 Å². The molecule has 0 spiro atoms. The van der Waals surface area contributed by atoms with Gasteiger partial charge in [-0.2, -0.15) is 0 Å². The summed E-state index contributed by atoms with van der Waals surface area (Å²) in [5.74, 6) is -0.178. The number of likely N-dealkylation sites (N-methyl/N-ethyl adjacent to an activating group) is 1. The lowest BCUT2D eigenvalue weighted by molar-refractivity contribution is 0.0277. The number of aryl methyl sites for hydroxylation is 1. The highest BCUT2D eigenvalue weighted by molar-refractivity contribution is 5.94. The minimum atomic E-state index is -0.742. The molecule has 0 unspecified atom stereocenters. The smallest absolute Gasteiger partial charge is 0.253 e. The number of rotatable bonds is 5. The molecule has 0 aromatic heterocycles. The molecule has 1 fully saturated rings. The Bertz CT molecular complexity index is 541. The molecule has 1 atom stereocenters. The van der Waals surface area contributed by atoms with Crippen LogP contribution in [0.2, 0.25) is 0 Å². The molecule has 1 aliphatic heterocycles. The molecule has 0 N–H and O–H groups in total. The van der Waals surface area contributed by atoms with Gasteiger partial charge in [0.2, 0.25) is 0 Å².